The second-order valence-corrected chi connectivity index (χ2v) is 8.29. The van der Waals surface area contributed by atoms with Gasteiger partial charge in [0, 0.05) is 13.0 Å². The predicted molar refractivity (Wildman–Crippen MR) is 129 cm³/mol. The van der Waals surface area contributed by atoms with Gasteiger partial charge in [0.2, 0.25) is 0 Å². The highest BCUT2D eigenvalue weighted by Crippen LogP contribution is 2.23. The van der Waals surface area contributed by atoms with Crippen molar-refractivity contribution in [3.63, 3.8) is 0 Å². The predicted octanol–water partition coefficient (Wildman–Crippen LogP) is 3.71. The third-order valence-corrected chi connectivity index (χ3v) is 5.82. The average Bonchev–Trinajstić information content (AvgIpc) is 3.13. The number of esters is 1. The Labute approximate surface area is 203 Å². The fourth-order valence-electron chi connectivity index (χ4n) is 4.07. The van der Waals surface area contributed by atoms with Crippen LogP contribution in [0.1, 0.15) is 50.7 Å². The van der Waals surface area contributed by atoms with E-state index >= 15 is 0 Å². The summed E-state index contributed by atoms with van der Waals surface area (Å²) >= 11 is 0. The van der Waals surface area contributed by atoms with E-state index in [9.17, 15) is 19.2 Å². The number of imide groups is 1. The Bertz CT molecular complexity index is 1180. The zero-order valence-corrected chi connectivity index (χ0v) is 19.2. The standard InChI is InChI=1S/C28H26N2O5/c31-25(29-24(21-12-5-2-6-13-21)18-20-10-3-1-4-11-20)19-35-26(32)16-9-17-30-27(33)22-14-7-8-15-23(22)28(30)34/h1-8,10-15,24H,9,16-19H2,(H,29,31). The lowest BCUT2D eigenvalue weighted by molar-refractivity contribution is -0.148. The summed E-state index contributed by atoms with van der Waals surface area (Å²) in [6.07, 6.45) is 0.851. The SMILES string of the molecule is O=C(COC(=O)CCCN1C(=O)c2ccccc2C1=O)NC(Cc1ccccc1)c1ccccc1. The van der Waals surface area contributed by atoms with Crippen LogP contribution in [0.5, 0.6) is 0 Å². The maximum Gasteiger partial charge on any atom is 0.306 e. The molecular weight excluding hydrogens is 444 g/mol. The van der Waals surface area contributed by atoms with Crippen LogP contribution in [0.3, 0.4) is 0 Å². The van der Waals surface area contributed by atoms with E-state index in [1.165, 1.54) is 0 Å². The molecule has 1 aliphatic rings. The fraction of sp³-hybridized carbons (Fsp3) is 0.214. The Hall–Kier alpha value is -4.26. The Morgan fingerprint density at radius 1 is 0.800 bits per heavy atom. The van der Waals surface area contributed by atoms with Gasteiger partial charge in [0.15, 0.2) is 6.61 Å². The summed E-state index contributed by atoms with van der Waals surface area (Å²) in [7, 11) is 0. The number of rotatable bonds is 10. The van der Waals surface area contributed by atoms with E-state index in [1.807, 2.05) is 60.7 Å². The fourth-order valence-corrected chi connectivity index (χ4v) is 4.07. The summed E-state index contributed by atoms with van der Waals surface area (Å²) < 4.78 is 5.13. The van der Waals surface area contributed by atoms with Crippen LogP contribution in [0.2, 0.25) is 0 Å². The number of nitrogens with one attached hydrogen (secondary N) is 1. The summed E-state index contributed by atoms with van der Waals surface area (Å²) in [5, 5.41) is 2.95. The van der Waals surface area contributed by atoms with Crippen LogP contribution in [0.15, 0.2) is 84.9 Å². The number of carbonyl (C=O) groups is 4. The zero-order valence-electron chi connectivity index (χ0n) is 19.2. The summed E-state index contributed by atoms with van der Waals surface area (Å²) in [5.41, 5.74) is 2.78. The van der Waals surface area contributed by atoms with Gasteiger partial charge < -0.3 is 10.1 Å². The van der Waals surface area contributed by atoms with Crippen LogP contribution in [0.4, 0.5) is 0 Å². The molecule has 1 aliphatic heterocycles. The molecule has 1 atom stereocenters. The largest absolute Gasteiger partial charge is 0.456 e. The number of fused-ring (bicyclic) bond motifs is 1. The highest BCUT2D eigenvalue weighted by atomic mass is 16.5. The van der Waals surface area contributed by atoms with Crippen molar-refractivity contribution in [3.05, 3.63) is 107 Å². The van der Waals surface area contributed by atoms with Crippen molar-refractivity contribution >= 4 is 23.7 Å². The molecule has 0 radical (unpaired) electrons. The molecule has 3 aromatic rings. The summed E-state index contributed by atoms with van der Waals surface area (Å²) in [5.74, 6) is -1.67. The summed E-state index contributed by atoms with van der Waals surface area (Å²) in [6.45, 7) is -0.287. The van der Waals surface area contributed by atoms with Crippen molar-refractivity contribution < 1.29 is 23.9 Å². The topological polar surface area (TPSA) is 92.8 Å². The molecule has 3 amide bonds. The molecule has 1 unspecified atom stereocenters. The van der Waals surface area contributed by atoms with Gasteiger partial charge in [0.05, 0.1) is 17.2 Å². The number of nitrogens with zero attached hydrogens (tertiary/aromatic N) is 1. The van der Waals surface area contributed by atoms with Crippen LogP contribution in [-0.2, 0) is 20.7 Å². The zero-order chi connectivity index (χ0) is 24.6. The molecule has 1 N–H and O–H groups in total. The molecule has 0 spiro atoms. The maximum absolute atomic E-state index is 12.5. The Morgan fingerprint density at radius 2 is 1.37 bits per heavy atom. The molecule has 0 saturated heterocycles. The summed E-state index contributed by atoms with van der Waals surface area (Å²) in [6, 6.07) is 25.8. The number of amides is 3. The molecule has 3 aromatic carbocycles. The van der Waals surface area contributed by atoms with Crippen molar-refractivity contribution in [1.82, 2.24) is 10.2 Å². The normalized spacial score (nSPS) is 13.3. The molecule has 1 heterocycles. The minimum atomic E-state index is -0.559. The lowest BCUT2D eigenvalue weighted by atomic mass is 9.99. The van der Waals surface area contributed by atoms with Gasteiger partial charge in [-0.1, -0.05) is 72.8 Å². The van der Waals surface area contributed by atoms with E-state index < -0.39 is 18.5 Å². The van der Waals surface area contributed by atoms with E-state index in [0.717, 1.165) is 16.0 Å². The minimum Gasteiger partial charge on any atom is -0.456 e. The van der Waals surface area contributed by atoms with Gasteiger partial charge in [-0.3, -0.25) is 24.1 Å². The van der Waals surface area contributed by atoms with Gasteiger partial charge >= 0.3 is 5.97 Å². The minimum absolute atomic E-state index is 0.00713. The summed E-state index contributed by atoms with van der Waals surface area (Å²) in [4.78, 5) is 50.6. The smallest absolute Gasteiger partial charge is 0.306 e. The molecule has 7 heteroatoms. The third kappa shape index (κ3) is 6.00. The highest BCUT2D eigenvalue weighted by Gasteiger charge is 2.34. The second-order valence-electron chi connectivity index (χ2n) is 8.29. The quantitative estimate of drug-likeness (QED) is 0.360. The molecule has 0 aromatic heterocycles. The molecular formula is C28H26N2O5. The van der Waals surface area contributed by atoms with Crippen LogP contribution in [-0.4, -0.2) is 41.7 Å². The van der Waals surface area contributed by atoms with Gasteiger partial charge in [-0.2, -0.15) is 0 Å². The van der Waals surface area contributed by atoms with Crippen molar-refractivity contribution in [2.45, 2.75) is 25.3 Å². The number of ether oxygens (including phenoxy) is 1. The van der Waals surface area contributed by atoms with Gasteiger partial charge in [-0.05, 0) is 36.1 Å². The van der Waals surface area contributed by atoms with Crippen LogP contribution in [0.25, 0.3) is 0 Å². The molecule has 7 nitrogen and oxygen atoms in total. The lowest BCUT2D eigenvalue weighted by Gasteiger charge is -2.19. The molecule has 0 aliphatic carbocycles. The number of carbonyl (C=O) groups excluding carboxylic acids is 4. The van der Waals surface area contributed by atoms with Crippen molar-refractivity contribution in [1.29, 1.82) is 0 Å². The van der Waals surface area contributed by atoms with Crippen molar-refractivity contribution in [3.8, 4) is 0 Å². The Morgan fingerprint density at radius 3 is 2.00 bits per heavy atom. The van der Waals surface area contributed by atoms with E-state index in [1.54, 1.807) is 24.3 Å². The van der Waals surface area contributed by atoms with Gasteiger partial charge in [0.25, 0.3) is 17.7 Å². The molecule has 178 valence electrons. The molecule has 4 rings (SSSR count). The van der Waals surface area contributed by atoms with Crippen LogP contribution < -0.4 is 5.32 Å². The monoisotopic (exact) mass is 470 g/mol. The molecule has 0 fully saturated rings. The number of hydrogen-bond donors (Lipinski definition) is 1. The van der Waals surface area contributed by atoms with E-state index in [2.05, 4.69) is 5.32 Å². The Balaban J connectivity index is 1.24. The van der Waals surface area contributed by atoms with Gasteiger partial charge in [0.1, 0.15) is 0 Å². The molecule has 35 heavy (non-hydrogen) atoms. The first-order valence-corrected chi connectivity index (χ1v) is 11.5. The average molecular weight is 471 g/mol. The van der Waals surface area contributed by atoms with E-state index in [4.69, 9.17) is 4.74 Å². The van der Waals surface area contributed by atoms with Crippen LogP contribution >= 0.6 is 0 Å². The van der Waals surface area contributed by atoms with E-state index in [0.29, 0.717) is 17.5 Å². The first kappa shape index (κ1) is 23.9. The van der Waals surface area contributed by atoms with Gasteiger partial charge in [-0.15, -0.1) is 0 Å². The van der Waals surface area contributed by atoms with Crippen LogP contribution in [0, 0.1) is 0 Å². The molecule has 0 saturated carbocycles. The van der Waals surface area contributed by atoms with Crippen molar-refractivity contribution in [2.24, 2.45) is 0 Å². The first-order chi connectivity index (χ1) is 17.0. The highest BCUT2D eigenvalue weighted by molar-refractivity contribution is 6.21. The number of hydrogen-bond acceptors (Lipinski definition) is 5. The van der Waals surface area contributed by atoms with E-state index in [-0.39, 0.29) is 37.2 Å². The maximum atomic E-state index is 12.5. The Kier molecular flexibility index (Phi) is 7.67. The van der Waals surface area contributed by atoms with Gasteiger partial charge in [-0.25, -0.2) is 0 Å². The second kappa shape index (κ2) is 11.2. The third-order valence-electron chi connectivity index (χ3n) is 5.82. The first-order valence-electron chi connectivity index (χ1n) is 11.5. The molecule has 0 bridgehead atoms. The van der Waals surface area contributed by atoms with Crippen molar-refractivity contribution in [2.75, 3.05) is 13.2 Å². The lowest BCUT2D eigenvalue weighted by Crippen LogP contribution is -2.34. The number of benzene rings is 3.